The van der Waals surface area contributed by atoms with Crippen LogP contribution in [0.15, 0.2) is 72.8 Å². The largest absolute Gasteiger partial charge is 0.478 e. The van der Waals surface area contributed by atoms with Crippen LogP contribution in [0.4, 0.5) is 10.1 Å². The van der Waals surface area contributed by atoms with Gasteiger partial charge in [-0.2, -0.15) is 0 Å². The molecule has 0 saturated heterocycles. The number of halogens is 1. The van der Waals surface area contributed by atoms with E-state index in [0.29, 0.717) is 12.8 Å². The van der Waals surface area contributed by atoms with Crippen LogP contribution >= 0.6 is 0 Å². The Morgan fingerprint density at radius 1 is 1.03 bits per heavy atom. The molecule has 3 aromatic rings. The molecule has 4 nitrogen and oxygen atoms in total. The highest BCUT2D eigenvalue weighted by Gasteiger charge is 2.75. The molecule has 1 saturated carbocycles. The van der Waals surface area contributed by atoms with Gasteiger partial charge in [-0.1, -0.05) is 42.5 Å². The number of nitrogens with one attached hydrogen (secondary N) is 1. The van der Waals surface area contributed by atoms with Crippen LogP contribution in [0, 0.1) is 5.82 Å². The first kappa shape index (κ1) is 17.6. The lowest BCUT2D eigenvalue weighted by atomic mass is 9.78. The van der Waals surface area contributed by atoms with Crippen molar-refractivity contribution >= 4 is 17.6 Å². The number of carboxylic acids is 1. The molecule has 2 N–H and O–H groups in total. The molecule has 3 aromatic carbocycles. The highest BCUT2D eigenvalue weighted by Crippen LogP contribution is 2.70. The summed E-state index contributed by atoms with van der Waals surface area (Å²) in [5, 5.41) is 12.3. The van der Waals surface area contributed by atoms with Crippen LogP contribution in [-0.2, 0) is 22.0 Å². The first-order valence-electron chi connectivity index (χ1n) is 9.46. The Kier molecular flexibility index (Phi) is 3.65. The van der Waals surface area contributed by atoms with Gasteiger partial charge in [0, 0.05) is 11.1 Å². The molecule has 29 heavy (non-hydrogen) atoms. The van der Waals surface area contributed by atoms with Crippen LogP contribution in [0.1, 0.15) is 33.5 Å². The SMILES string of the molecule is O=C(O)c1cccc(C[C@@]2(c3cccc(F)c3)C[C@@]23C(=O)Nc2ccccc23)c1. The molecule has 1 spiro atoms. The van der Waals surface area contributed by atoms with Gasteiger partial charge in [0.2, 0.25) is 5.91 Å². The molecule has 0 unspecified atom stereocenters. The summed E-state index contributed by atoms with van der Waals surface area (Å²) in [7, 11) is 0. The summed E-state index contributed by atoms with van der Waals surface area (Å²) in [6.07, 6.45) is 0.989. The number of hydrogen-bond donors (Lipinski definition) is 2. The number of carbonyl (C=O) groups is 2. The maximum atomic E-state index is 14.1. The Bertz CT molecular complexity index is 1170. The molecule has 1 aliphatic heterocycles. The highest BCUT2D eigenvalue weighted by atomic mass is 19.1. The van der Waals surface area contributed by atoms with Crippen LogP contribution in [0.2, 0.25) is 0 Å². The molecule has 2 aliphatic rings. The molecular weight excluding hydrogens is 369 g/mol. The Morgan fingerprint density at radius 2 is 1.83 bits per heavy atom. The summed E-state index contributed by atoms with van der Waals surface area (Å²) in [6, 6.07) is 20.7. The van der Waals surface area contributed by atoms with Crippen molar-refractivity contribution in [3.05, 3.63) is 101 Å². The summed E-state index contributed by atoms with van der Waals surface area (Å²) in [6.45, 7) is 0. The van der Waals surface area contributed by atoms with Crippen molar-refractivity contribution in [3.63, 3.8) is 0 Å². The molecule has 1 aliphatic carbocycles. The molecule has 0 bridgehead atoms. The van der Waals surface area contributed by atoms with E-state index in [0.717, 1.165) is 22.4 Å². The lowest BCUT2D eigenvalue weighted by Crippen LogP contribution is -2.31. The number of amides is 1. The van der Waals surface area contributed by atoms with Gasteiger partial charge in [-0.15, -0.1) is 0 Å². The average molecular weight is 387 g/mol. The van der Waals surface area contributed by atoms with Gasteiger partial charge >= 0.3 is 5.97 Å². The van der Waals surface area contributed by atoms with E-state index < -0.39 is 16.8 Å². The van der Waals surface area contributed by atoms with Crippen molar-refractivity contribution in [1.29, 1.82) is 0 Å². The number of para-hydroxylation sites is 1. The standard InChI is InChI=1S/C24H18FNO3/c25-18-8-4-7-17(12-18)23(13-15-5-3-6-16(11-15)21(27)28)14-24(23)19-9-1-2-10-20(19)26-22(24)29/h1-12H,13-14H2,(H,26,29)(H,27,28)/t23-,24+/m0/s1. The second-order valence-corrected chi connectivity index (χ2v) is 7.86. The Morgan fingerprint density at radius 3 is 2.62 bits per heavy atom. The molecule has 5 rings (SSSR count). The smallest absolute Gasteiger partial charge is 0.335 e. The summed E-state index contributed by atoms with van der Waals surface area (Å²) in [5.74, 6) is -1.44. The van der Waals surface area contributed by atoms with Gasteiger partial charge in [0.05, 0.1) is 11.0 Å². The first-order chi connectivity index (χ1) is 14.0. The molecule has 2 atom stereocenters. The minimum absolute atomic E-state index is 0.0858. The van der Waals surface area contributed by atoms with Crippen molar-refractivity contribution in [2.24, 2.45) is 0 Å². The molecule has 5 heteroatoms. The van der Waals surface area contributed by atoms with Gasteiger partial charge < -0.3 is 10.4 Å². The zero-order chi connectivity index (χ0) is 20.2. The third-order valence-electron chi connectivity index (χ3n) is 6.34. The fraction of sp³-hybridized carbons (Fsp3) is 0.167. The van der Waals surface area contributed by atoms with Crippen LogP contribution in [0.25, 0.3) is 0 Å². The zero-order valence-electron chi connectivity index (χ0n) is 15.5. The summed E-state index contributed by atoms with van der Waals surface area (Å²) < 4.78 is 14.1. The molecule has 0 aromatic heterocycles. The molecule has 144 valence electrons. The minimum Gasteiger partial charge on any atom is -0.478 e. The predicted molar refractivity (Wildman–Crippen MR) is 107 cm³/mol. The van der Waals surface area contributed by atoms with Crippen LogP contribution in [-0.4, -0.2) is 17.0 Å². The van der Waals surface area contributed by atoms with Gasteiger partial charge in [-0.3, -0.25) is 4.79 Å². The van der Waals surface area contributed by atoms with E-state index in [9.17, 15) is 19.1 Å². The van der Waals surface area contributed by atoms with Gasteiger partial charge in [0.25, 0.3) is 0 Å². The number of rotatable bonds is 4. The number of hydrogen-bond acceptors (Lipinski definition) is 2. The normalized spacial score (nSPS) is 24.2. The third kappa shape index (κ3) is 2.43. The maximum absolute atomic E-state index is 14.1. The van der Waals surface area contributed by atoms with Crippen molar-refractivity contribution in [2.45, 2.75) is 23.7 Å². The summed E-state index contributed by atoms with van der Waals surface area (Å²) in [5.41, 5.74) is 2.05. The van der Waals surface area contributed by atoms with Gasteiger partial charge in [0.1, 0.15) is 5.82 Å². The number of benzene rings is 3. The topological polar surface area (TPSA) is 66.4 Å². The predicted octanol–water partition coefficient (Wildman–Crippen LogP) is 4.30. The monoisotopic (exact) mass is 387 g/mol. The lowest BCUT2D eigenvalue weighted by molar-refractivity contribution is -0.118. The van der Waals surface area contributed by atoms with E-state index in [4.69, 9.17) is 0 Å². The Hall–Kier alpha value is -3.47. The van der Waals surface area contributed by atoms with Crippen LogP contribution < -0.4 is 5.32 Å². The van der Waals surface area contributed by atoms with Crippen molar-refractivity contribution in [3.8, 4) is 0 Å². The van der Waals surface area contributed by atoms with E-state index in [1.807, 2.05) is 36.4 Å². The first-order valence-corrected chi connectivity index (χ1v) is 9.46. The number of carboxylic acid groups (broad SMARTS) is 1. The number of anilines is 1. The molecule has 1 amide bonds. The molecular formula is C24H18FNO3. The van der Waals surface area contributed by atoms with Gasteiger partial charge in [-0.05, 0) is 59.9 Å². The molecule has 1 fully saturated rings. The number of fused-ring (bicyclic) bond motifs is 2. The second kappa shape index (κ2) is 6.01. The Balaban J connectivity index is 1.67. The van der Waals surface area contributed by atoms with Crippen LogP contribution in [0.5, 0.6) is 0 Å². The van der Waals surface area contributed by atoms with Gasteiger partial charge in [0.15, 0.2) is 0 Å². The fourth-order valence-corrected chi connectivity index (χ4v) is 4.99. The van der Waals surface area contributed by atoms with E-state index >= 15 is 0 Å². The molecule has 1 heterocycles. The van der Waals surface area contributed by atoms with Crippen LogP contribution in [0.3, 0.4) is 0 Å². The third-order valence-corrected chi connectivity index (χ3v) is 6.34. The number of aromatic carboxylic acids is 1. The van der Waals surface area contributed by atoms with Crippen molar-refractivity contribution < 1.29 is 19.1 Å². The van der Waals surface area contributed by atoms with Gasteiger partial charge in [-0.25, -0.2) is 9.18 Å². The highest BCUT2D eigenvalue weighted by molar-refractivity contribution is 6.10. The maximum Gasteiger partial charge on any atom is 0.335 e. The van der Waals surface area contributed by atoms with E-state index in [1.54, 1.807) is 24.3 Å². The lowest BCUT2D eigenvalue weighted by Gasteiger charge is -2.23. The zero-order valence-corrected chi connectivity index (χ0v) is 15.5. The minimum atomic E-state index is -0.999. The summed E-state index contributed by atoms with van der Waals surface area (Å²) >= 11 is 0. The average Bonchev–Trinajstić information content (AvgIpc) is 3.30. The van der Waals surface area contributed by atoms with Crippen molar-refractivity contribution in [1.82, 2.24) is 0 Å². The number of carbonyl (C=O) groups excluding carboxylic acids is 1. The Labute approximate surface area is 167 Å². The fourth-order valence-electron chi connectivity index (χ4n) is 4.99. The van der Waals surface area contributed by atoms with E-state index in [-0.39, 0.29) is 17.3 Å². The molecule has 0 radical (unpaired) electrons. The summed E-state index contributed by atoms with van der Waals surface area (Å²) in [4.78, 5) is 24.6. The van der Waals surface area contributed by atoms with E-state index in [2.05, 4.69) is 5.32 Å². The van der Waals surface area contributed by atoms with Crippen molar-refractivity contribution in [2.75, 3.05) is 5.32 Å². The van der Waals surface area contributed by atoms with E-state index in [1.165, 1.54) is 12.1 Å². The second-order valence-electron chi connectivity index (χ2n) is 7.86. The quantitative estimate of drug-likeness (QED) is 0.702.